The van der Waals surface area contributed by atoms with Gasteiger partial charge in [0.05, 0.1) is 35.0 Å². The average Bonchev–Trinajstić information content (AvgIpc) is 3.22. The van der Waals surface area contributed by atoms with Crippen molar-refractivity contribution in [1.29, 1.82) is 0 Å². The number of benzene rings is 4. The predicted octanol–water partition coefficient (Wildman–Crippen LogP) is 7.23. The van der Waals surface area contributed by atoms with E-state index in [0.717, 1.165) is 74.8 Å². The normalized spacial score (nSPS) is 17.3. The van der Waals surface area contributed by atoms with Gasteiger partial charge in [-0.2, -0.15) is 0 Å². The van der Waals surface area contributed by atoms with Crippen molar-refractivity contribution in [3.05, 3.63) is 123 Å². The molecule has 1 atom stereocenters. The summed E-state index contributed by atoms with van der Waals surface area (Å²) in [6.45, 7) is 3.78. The fourth-order valence-corrected chi connectivity index (χ4v) is 8.12. The van der Waals surface area contributed by atoms with Gasteiger partial charge in [0.2, 0.25) is 5.56 Å². The molecule has 314 valence electrons. The Kier molecular flexibility index (Phi) is 15.1. The molecule has 0 radical (unpaired) electrons. The molecular formula is C44H50ClF2N5O7. The van der Waals surface area contributed by atoms with E-state index in [4.69, 9.17) is 21.1 Å². The number of phenolic OH excluding ortho intramolecular Hbond substituents is 1. The van der Waals surface area contributed by atoms with Crippen molar-refractivity contribution >= 4 is 40.2 Å². The van der Waals surface area contributed by atoms with Crippen LogP contribution in [0.3, 0.4) is 0 Å². The number of aromatic hydroxyl groups is 1. The zero-order valence-electron chi connectivity index (χ0n) is 32.7. The maximum atomic E-state index is 13.3. The third kappa shape index (κ3) is 10.6. The number of piperidine rings is 3. The molecule has 3 fully saturated rings. The second-order valence-electron chi connectivity index (χ2n) is 14.8. The summed E-state index contributed by atoms with van der Waals surface area (Å²) >= 11 is 6.60. The highest BCUT2D eigenvalue weighted by Crippen LogP contribution is 2.37. The van der Waals surface area contributed by atoms with Crippen molar-refractivity contribution in [2.45, 2.75) is 56.8 Å². The minimum atomic E-state index is -0.943. The van der Waals surface area contributed by atoms with Gasteiger partial charge >= 0.3 is 6.09 Å². The number of nitrogens with one attached hydrogen (secondary N) is 4. The van der Waals surface area contributed by atoms with Crippen LogP contribution in [-0.4, -0.2) is 77.5 Å². The predicted molar refractivity (Wildman–Crippen MR) is 226 cm³/mol. The third-order valence-electron chi connectivity index (χ3n) is 11.1. The Hall–Kier alpha value is -5.54. The maximum Gasteiger partial charge on any atom is 0.412 e. The summed E-state index contributed by atoms with van der Waals surface area (Å²) in [4.78, 5) is 43.2. The zero-order valence-corrected chi connectivity index (χ0v) is 33.5. The first-order valence-electron chi connectivity index (χ1n) is 19.4. The number of fused-ring (bicyclic) bond motifs is 4. The quantitative estimate of drug-likeness (QED) is 0.0597. The third-order valence-corrected chi connectivity index (χ3v) is 11.4. The number of aromatic nitrogens is 1. The molecule has 1 aromatic heterocycles. The molecule has 6 N–H and O–H groups in total. The number of hydrogen-bond donors (Lipinski definition) is 6. The van der Waals surface area contributed by atoms with Crippen LogP contribution in [0.5, 0.6) is 11.5 Å². The van der Waals surface area contributed by atoms with E-state index in [1.807, 2.05) is 42.5 Å². The van der Waals surface area contributed by atoms with Gasteiger partial charge in [-0.05, 0) is 66.3 Å². The first kappa shape index (κ1) is 44.6. The van der Waals surface area contributed by atoms with Crippen molar-refractivity contribution in [3.63, 3.8) is 0 Å². The van der Waals surface area contributed by atoms with Crippen molar-refractivity contribution < 1.29 is 38.7 Å². The monoisotopic (exact) mass is 833 g/mol. The first-order chi connectivity index (χ1) is 27.6. The number of anilines is 1. The summed E-state index contributed by atoms with van der Waals surface area (Å²) in [7, 11) is 1.52. The molecule has 3 aliphatic heterocycles. The molecule has 2 bridgehead atoms. The lowest BCUT2D eigenvalue weighted by Crippen LogP contribution is -2.54. The summed E-state index contributed by atoms with van der Waals surface area (Å²) in [6.07, 6.45) is 3.52. The van der Waals surface area contributed by atoms with Crippen molar-refractivity contribution in [1.82, 2.24) is 20.5 Å². The van der Waals surface area contributed by atoms with E-state index in [1.54, 1.807) is 24.3 Å². The van der Waals surface area contributed by atoms with E-state index in [-0.39, 0.29) is 49.3 Å². The Morgan fingerprint density at radius 2 is 1.69 bits per heavy atom. The largest absolute Gasteiger partial charge is 0.506 e. The van der Waals surface area contributed by atoms with E-state index in [2.05, 4.69) is 31.9 Å². The van der Waals surface area contributed by atoms with Crippen LogP contribution < -0.4 is 26.2 Å². The summed E-state index contributed by atoms with van der Waals surface area (Å²) in [6, 6.07) is 25.4. The molecule has 0 aliphatic carbocycles. The number of aliphatic hydroxyl groups excluding tert-OH is 1. The van der Waals surface area contributed by atoms with E-state index in [1.165, 1.54) is 19.2 Å². The van der Waals surface area contributed by atoms with Gasteiger partial charge in [0.15, 0.2) is 0 Å². The number of aryl methyl sites for hydroxylation is 1. The Morgan fingerprint density at radius 1 is 0.949 bits per heavy atom. The number of phenols is 1. The van der Waals surface area contributed by atoms with Crippen LogP contribution in [0.25, 0.3) is 22.0 Å². The Morgan fingerprint density at radius 3 is 2.42 bits per heavy atom. The Bertz CT molecular complexity index is 2290. The Labute approximate surface area is 345 Å². The maximum absolute atomic E-state index is 13.3. The summed E-state index contributed by atoms with van der Waals surface area (Å²) in [5, 5.41) is 31.2. The summed E-state index contributed by atoms with van der Waals surface area (Å²) in [5.41, 5.74) is 4.77. The fraction of sp³-hybridized carbons (Fsp3) is 0.341. The lowest BCUT2D eigenvalue weighted by molar-refractivity contribution is -0.0742. The number of nitrogens with zero attached hydrogens (tertiary/aromatic N) is 1. The number of amides is 2. The molecule has 2 amide bonds. The second-order valence-corrected chi connectivity index (χ2v) is 15.2. The molecule has 0 spiro atoms. The smallest absolute Gasteiger partial charge is 0.412 e. The molecule has 4 heterocycles. The van der Waals surface area contributed by atoms with Crippen LogP contribution in [0.4, 0.5) is 19.9 Å². The standard InChI is InChI=1S/C44H48ClN5O7.2FH/c1-56-39-25-34(35(45)24-30(39)26-46-27-38(52)32-12-14-37(51)41-33(32)13-15-40(53)49-41)42(54)47-19-6-5-7-28-10-11-31(29-8-3-2-4-9-29)36(23-28)48-43(55)57-44-16-20-50(21-17-44)22-18-44;;/h2-4,8-15,23-25,38,46,51-52H,5-7,16-22,26-27H2,1H3,(H,47,54)(H,48,55)(H,49,53);2*1H/t38-;;/m0../s1. The number of halogens is 3. The average molecular weight is 834 g/mol. The molecule has 3 aliphatic rings. The van der Waals surface area contributed by atoms with Gasteiger partial charge in [0.1, 0.15) is 17.1 Å². The molecule has 59 heavy (non-hydrogen) atoms. The molecule has 5 aromatic rings. The Balaban J connectivity index is 0.00000331. The molecule has 3 saturated heterocycles. The zero-order chi connectivity index (χ0) is 39.9. The molecule has 4 aromatic carbocycles. The molecule has 15 heteroatoms. The highest BCUT2D eigenvalue weighted by molar-refractivity contribution is 6.34. The summed E-state index contributed by atoms with van der Waals surface area (Å²) in [5.74, 6) is 0.0726. The topological polar surface area (TPSA) is 165 Å². The van der Waals surface area contributed by atoms with Crippen LogP contribution in [0.2, 0.25) is 5.02 Å². The van der Waals surface area contributed by atoms with Gasteiger partial charge in [-0.3, -0.25) is 24.3 Å². The van der Waals surface area contributed by atoms with Gasteiger partial charge in [0, 0.05) is 81.1 Å². The lowest BCUT2D eigenvalue weighted by Gasteiger charge is -2.47. The molecule has 8 rings (SSSR count). The number of aromatic amines is 1. The number of H-pyrrole nitrogens is 1. The summed E-state index contributed by atoms with van der Waals surface area (Å²) < 4.78 is 11.7. The van der Waals surface area contributed by atoms with Crippen LogP contribution >= 0.6 is 11.6 Å². The van der Waals surface area contributed by atoms with E-state index >= 15 is 0 Å². The number of aliphatic hydroxyl groups is 1. The molecule has 12 nitrogen and oxygen atoms in total. The van der Waals surface area contributed by atoms with E-state index < -0.39 is 12.2 Å². The van der Waals surface area contributed by atoms with Gasteiger partial charge in [-0.1, -0.05) is 60.1 Å². The number of unbranched alkanes of at least 4 members (excludes halogenated alkanes) is 1. The highest BCUT2D eigenvalue weighted by atomic mass is 35.5. The van der Waals surface area contributed by atoms with Crippen LogP contribution in [0.15, 0.2) is 89.7 Å². The molecular weight excluding hydrogens is 784 g/mol. The highest BCUT2D eigenvalue weighted by Gasteiger charge is 2.42. The van der Waals surface area contributed by atoms with Gasteiger partial charge < -0.3 is 40.2 Å². The minimum Gasteiger partial charge on any atom is -0.506 e. The van der Waals surface area contributed by atoms with Crippen molar-refractivity contribution in [2.75, 3.05) is 45.2 Å². The van der Waals surface area contributed by atoms with Crippen LogP contribution in [-0.2, 0) is 17.7 Å². The van der Waals surface area contributed by atoms with Crippen LogP contribution in [0.1, 0.15) is 65.3 Å². The van der Waals surface area contributed by atoms with Crippen LogP contribution in [0, 0.1) is 0 Å². The number of pyridine rings is 1. The first-order valence-corrected chi connectivity index (χ1v) is 19.8. The van der Waals surface area contributed by atoms with Crippen molar-refractivity contribution in [3.8, 4) is 22.6 Å². The second kappa shape index (κ2) is 19.9. The number of carbonyl (C=O) groups is 2. The number of hydrogen-bond acceptors (Lipinski definition) is 9. The molecule has 0 saturated carbocycles. The molecule has 0 unspecified atom stereocenters. The number of ether oxygens (including phenoxy) is 2. The van der Waals surface area contributed by atoms with Gasteiger partial charge in [-0.15, -0.1) is 0 Å². The number of carbonyl (C=O) groups excluding carboxylic acids is 2. The lowest BCUT2D eigenvalue weighted by atomic mass is 9.83. The fourth-order valence-electron chi connectivity index (χ4n) is 7.85. The SMILES string of the molecule is COc1cc(C(=O)NCCCCc2ccc(-c3ccccc3)c(NC(=O)OC34CCN(CC3)CC4)c2)c(Cl)cc1CNC[C@H](O)c1ccc(O)c2[nH]c(=O)ccc12.F.F. The van der Waals surface area contributed by atoms with E-state index in [9.17, 15) is 24.6 Å². The van der Waals surface area contributed by atoms with E-state index in [0.29, 0.717) is 46.6 Å². The van der Waals surface area contributed by atoms with Gasteiger partial charge in [0.25, 0.3) is 5.91 Å². The number of rotatable bonds is 15. The van der Waals surface area contributed by atoms with Gasteiger partial charge in [-0.25, -0.2) is 4.79 Å². The minimum absolute atomic E-state index is 0. The van der Waals surface area contributed by atoms with Crippen molar-refractivity contribution in [2.24, 2.45) is 0 Å². The number of methoxy groups -OCH3 is 1.